The van der Waals surface area contributed by atoms with Crippen LogP contribution in [-0.4, -0.2) is 45.0 Å². The zero-order valence-corrected chi connectivity index (χ0v) is 15.6. The van der Waals surface area contributed by atoms with Crippen LogP contribution in [-0.2, 0) is 32.5 Å². The van der Waals surface area contributed by atoms with E-state index in [9.17, 15) is 13.2 Å². The summed E-state index contributed by atoms with van der Waals surface area (Å²) >= 11 is 0. The van der Waals surface area contributed by atoms with Crippen LogP contribution in [0.1, 0.15) is 43.7 Å². The number of nitrogens with one attached hydrogen (secondary N) is 1. The number of carbonyl (C=O) groups is 1. The van der Waals surface area contributed by atoms with Crippen molar-refractivity contribution in [1.82, 2.24) is 9.62 Å². The molecule has 1 aromatic rings. The third kappa shape index (κ3) is 3.88. The molecule has 7 heteroatoms. The van der Waals surface area contributed by atoms with Crippen LogP contribution in [0.2, 0.25) is 0 Å². The molecule has 1 aromatic carbocycles. The summed E-state index contributed by atoms with van der Waals surface area (Å²) in [6.07, 6.45) is 3.81. The molecule has 1 saturated carbocycles. The van der Waals surface area contributed by atoms with Crippen molar-refractivity contribution in [3.05, 3.63) is 29.3 Å². The van der Waals surface area contributed by atoms with Gasteiger partial charge in [-0.1, -0.05) is 19.4 Å². The van der Waals surface area contributed by atoms with Crippen molar-refractivity contribution in [3.8, 4) is 0 Å². The summed E-state index contributed by atoms with van der Waals surface area (Å²) in [6, 6.07) is 5.32. The van der Waals surface area contributed by atoms with Gasteiger partial charge in [-0.05, 0) is 48.9 Å². The molecule has 0 saturated heterocycles. The molecule has 1 heterocycles. The van der Waals surface area contributed by atoms with Crippen molar-refractivity contribution in [2.75, 3.05) is 13.7 Å². The van der Waals surface area contributed by atoms with Crippen LogP contribution in [0.4, 0.5) is 0 Å². The smallest absolute Gasteiger partial charge is 0.251 e. The molecule has 0 spiro atoms. The monoisotopic (exact) mass is 366 g/mol. The van der Waals surface area contributed by atoms with Crippen LogP contribution in [0, 0.1) is 0 Å². The topological polar surface area (TPSA) is 75.7 Å². The van der Waals surface area contributed by atoms with Gasteiger partial charge in [0.05, 0.1) is 4.90 Å². The quantitative estimate of drug-likeness (QED) is 0.833. The molecule has 2 aliphatic rings. The molecule has 1 aliphatic heterocycles. The van der Waals surface area contributed by atoms with E-state index in [1.165, 1.54) is 0 Å². The van der Waals surface area contributed by atoms with Gasteiger partial charge < -0.3 is 9.64 Å². The highest BCUT2D eigenvalue weighted by Gasteiger charge is 2.28. The van der Waals surface area contributed by atoms with Crippen molar-refractivity contribution in [2.24, 2.45) is 0 Å². The summed E-state index contributed by atoms with van der Waals surface area (Å²) in [5, 5.41) is 0. The molecule has 1 aliphatic carbocycles. The number of methoxy groups -OCH3 is 1. The predicted octanol–water partition coefficient (Wildman–Crippen LogP) is 1.83. The number of fused-ring (bicyclic) bond motifs is 1. The molecule has 3 rings (SSSR count). The Hall–Kier alpha value is -1.44. The minimum Gasteiger partial charge on any atom is -0.372 e. The summed E-state index contributed by atoms with van der Waals surface area (Å²) in [5.74, 6) is -0.0310. The number of ether oxygens (including phenoxy) is 1. The summed E-state index contributed by atoms with van der Waals surface area (Å²) < 4.78 is 33.1. The number of carbonyl (C=O) groups excluding carboxylic acids is 1. The predicted molar refractivity (Wildman–Crippen MR) is 94.6 cm³/mol. The first-order valence-corrected chi connectivity index (χ1v) is 10.4. The molecule has 1 fully saturated rings. The summed E-state index contributed by atoms with van der Waals surface area (Å²) in [6.45, 7) is 2.99. The van der Waals surface area contributed by atoms with Crippen molar-refractivity contribution < 1.29 is 17.9 Å². The Morgan fingerprint density at radius 3 is 2.72 bits per heavy atom. The number of sulfonamides is 1. The lowest BCUT2D eigenvalue weighted by atomic mass is 9.94. The molecule has 138 valence electrons. The Bertz CT molecular complexity index is 739. The third-order valence-electron chi connectivity index (χ3n) is 5.17. The first kappa shape index (κ1) is 18.4. The molecule has 0 radical (unpaired) electrons. The van der Waals surface area contributed by atoms with Crippen LogP contribution < -0.4 is 4.72 Å². The number of hydrogen-bond donors (Lipinski definition) is 1. The highest BCUT2D eigenvalue weighted by atomic mass is 32.2. The fraction of sp³-hybridized carbons (Fsp3) is 0.611. The van der Waals surface area contributed by atoms with Gasteiger partial charge in [0.2, 0.25) is 10.0 Å². The maximum absolute atomic E-state index is 12.5. The van der Waals surface area contributed by atoms with E-state index < -0.39 is 16.1 Å². The first-order valence-electron chi connectivity index (χ1n) is 8.90. The lowest BCUT2D eigenvalue weighted by molar-refractivity contribution is -0.143. The average Bonchev–Trinajstić information content (AvgIpc) is 2.58. The highest BCUT2D eigenvalue weighted by molar-refractivity contribution is 7.89. The van der Waals surface area contributed by atoms with Crippen molar-refractivity contribution in [3.63, 3.8) is 0 Å². The fourth-order valence-electron chi connectivity index (χ4n) is 3.35. The number of rotatable bonds is 6. The van der Waals surface area contributed by atoms with E-state index in [-0.39, 0.29) is 16.8 Å². The molecular weight excluding hydrogens is 340 g/mol. The average molecular weight is 366 g/mol. The Balaban J connectivity index is 1.78. The zero-order valence-electron chi connectivity index (χ0n) is 14.8. The largest absolute Gasteiger partial charge is 0.372 e. The van der Waals surface area contributed by atoms with Gasteiger partial charge in [0, 0.05) is 26.2 Å². The van der Waals surface area contributed by atoms with Gasteiger partial charge in [-0.2, -0.15) is 0 Å². The molecule has 6 nitrogen and oxygen atoms in total. The van der Waals surface area contributed by atoms with Gasteiger partial charge >= 0.3 is 0 Å². The van der Waals surface area contributed by atoms with Crippen LogP contribution in [0.15, 0.2) is 23.1 Å². The van der Waals surface area contributed by atoms with E-state index in [2.05, 4.69) is 4.72 Å². The first-order chi connectivity index (χ1) is 11.9. The van der Waals surface area contributed by atoms with Crippen LogP contribution in [0.3, 0.4) is 0 Å². The van der Waals surface area contributed by atoms with Gasteiger partial charge in [-0.25, -0.2) is 13.1 Å². The van der Waals surface area contributed by atoms with Gasteiger partial charge in [0.1, 0.15) is 6.10 Å². The second-order valence-corrected chi connectivity index (χ2v) is 8.54. The maximum atomic E-state index is 12.5. The molecular formula is C18H26N2O4S. The maximum Gasteiger partial charge on any atom is 0.251 e. The van der Waals surface area contributed by atoms with E-state index >= 15 is 0 Å². The molecule has 0 bridgehead atoms. The Morgan fingerprint density at radius 2 is 2.12 bits per heavy atom. The van der Waals surface area contributed by atoms with Crippen LogP contribution in [0.25, 0.3) is 0 Å². The SMILES string of the molecule is CC[C@@H](OC)C(=O)N1CCc2ccc(S(=O)(=O)NC3CCC3)cc2C1. The molecule has 0 aromatic heterocycles. The van der Waals surface area contributed by atoms with Gasteiger partial charge in [-0.15, -0.1) is 0 Å². The van der Waals surface area contributed by atoms with E-state index in [1.807, 2.05) is 13.0 Å². The van der Waals surface area contributed by atoms with Crippen molar-refractivity contribution in [2.45, 2.75) is 62.6 Å². The normalized spacial score (nSPS) is 19.2. The minimum atomic E-state index is -3.50. The minimum absolute atomic E-state index is 0.0310. The van der Waals surface area contributed by atoms with Gasteiger partial charge in [0.15, 0.2) is 0 Å². The van der Waals surface area contributed by atoms with Crippen LogP contribution >= 0.6 is 0 Å². The molecule has 1 atom stereocenters. The van der Waals surface area contributed by atoms with E-state index in [1.54, 1.807) is 24.1 Å². The molecule has 1 amide bonds. The standard InChI is InChI=1S/C18H26N2O4S/c1-3-17(24-2)18(21)20-10-9-13-7-8-16(11-14(13)12-20)25(22,23)19-15-5-4-6-15/h7-8,11,15,17,19H,3-6,9-10,12H2,1-2H3/t17-/m1/s1. The number of hydrogen-bond acceptors (Lipinski definition) is 4. The summed E-state index contributed by atoms with van der Waals surface area (Å²) in [4.78, 5) is 14.6. The van der Waals surface area contributed by atoms with E-state index in [0.29, 0.717) is 19.5 Å². The Kier molecular flexibility index (Phi) is 5.46. The van der Waals surface area contributed by atoms with Crippen LogP contribution in [0.5, 0.6) is 0 Å². The van der Waals surface area contributed by atoms with E-state index in [4.69, 9.17) is 4.74 Å². The molecule has 25 heavy (non-hydrogen) atoms. The number of amides is 1. The Morgan fingerprint density at radius 1 is 1.36 bits per heavy atom. The Labute approximate surface area is 149 Å². The number of nitrogens with zero attached hydrogens (tertiary/aromatic N) is 1. The van der Waals surface area contributed by atoms with Crippen molar-refractivity contribution >= 4 is 15.9 Å². The lowest BCUT2D eigenvalue weighted by Crippen LogP contribution is -2.43. The van der Waals surface area contributed by atoms with Crippen molar-refractivity contribution in [1.29, 1.82) is 0 Å². The highest BCUT2D eigenvalue weighted by Crippen LogP contribution is 2.25. The second-order valence-electron chi connectivity index (χ2n) is 6.82. The number of benzene rings is 1. The van der Waals surface area contributed by atoms with E-state index in [0.717, 1.165) is 36.8 Å². The van der Waals surface area contributed by atoms with Gasteiger partial charge in [-0.3, -0.25) is 4.79 Å². The van der Waals surface area contributed by atoms with Gasteiger partial charge in [0.25, 0.3) is 5.91 Å². The molecule has 1 N–H and O–H groups in total. The molecule has 0 unspecified atom stereocenters. The zero-order chi connectivity index (χ0) is 18.0. The third-order valence-corrected chi connectivity index (χ3v) is 6.69. The summed E-state index contributed by atoms with van der Waals surface area (Å²) in [5.41, 5.74) is 2.01. The lowest BCUT2D eigenvalue weighted by Gasteiger charge is -2.31. The summed E-state index contributed by atoms with van der Waals surface area (Å²) in [7, 11) is -1.95. The fourth-order valence-corrected chi connectivity index (χ4v) is 4.70. The second kappa shape index (κ2) is 7.43.